The number of carbonyl (C=O) groups excluding carboxylic acids is 4. The Kier molecular flexibility index (Phi) is 7.17. The van der Waals surface area contributed by atoms with Crippen molar-refractivity contribution in [1.82, 2.24) is 4.90 Å². The van der Waals surface area contributed by atoms with Gasteiger partial charge in [-0.1, -0.05) is 26.0 Å². The summed E-state index contributed by atoms with van der Waals surface area (Å²) in [5, 5.41) is 2.77. The molecule has 3 atom stereocenters. The maximum absolute atomic E-state index is 13.2. The smallest absolute Gasteiger partial charge is 0.255 e. The van der Waals surface area contributed by atoms with Crippen LogP contribution < -0.4 is 20.5 Å². The summed E-state index contributed by atoms with van der Waals surface area (Å²) < 4.78 is 10.6. The molecule has 9 heteroatoms. The molecule has 1 aliphatic carbocycles. The standard InChI is InChI=1S/C23H29N3O6/c1-13(2)10-17(26-22(29)15-6-4-5-7-16(15)23(26)30)21(28)25-14-8-9-18(31-3)19(11-14)32-12-20(24)27/h4-5,8-9,11,13,15-17H,6-7,10,12H2,1-3H3,(H2,24,27)(H,25,28). The fourth-order valence-electron chi connectivity index (χ4n) is 4.15. The SMILES string of the molecule is COc1ccc(NC(=O)C(CC(C)C)N2C(=O)C3CC=CCC3C2=O)cc1OCC(N)=O. The van der Waals surface area contributed by atoms with Crippen LogP contribution in [0, 0.1) is 17.8 Å². The van der Waals surface area contributed by atoms with Crippen molar-refractivity contribution in [3.63, 3.8) is 0 Å². The van der Waals surface area contributed by atoms with E-state index in [1.165, 1.54) is 13.2 Å². The number of methoxy groups -OCH3 is 1. The minimum absolute atomic E-state index is 0.0810. The fraction of sp³-hybridized carbons (Fsp3) is 0.478. The molecular weight excluding hydrogens is 414 g/mol. The van der Waals surface area contributed by atoms with Gasteiger partial charge in [-0.25, -0.2) is 0 Å². The van der Waals surface area contributed by atoms with Gasteiger partial charge in [0.15, 0.2) is 18.1 Å². The highest BCUT2D eigenvalue weighted by atomic mass is 16.5. The van der Waals surface area contributed by atoms with Gasteiger partial charge in [-0.15, -0.1) is 0 Å². The van der Waals surface area contributed by atoms with Gasteiger partial charge in [0.2, 0.25) is 17.7 Å². The number of hydrogen-bond donors (Lipinski definition) is 2. The maximum Gasteiger partial charge on any atom is 0.255 e. The van der Waals surface area contributed by atoms with E-state index in [-0.39, 0.29) is 30.1 Å². The van der Waals surface area contributed by atoms with Gasteiger partial charge in [0.1, 0.15) is 6.04 Å². The highest BCUT2D eigenvalue weighted by Gasteiger charge is 2.51. The molecule has 1 heterocycles. The van der Waals surface area contributed by atoms with E-state index in [1.807, 2.05) is 26.0 Å². The molecule has 0 bridgehead atoms. The first-order valence-electron chi connectivity index (χ1n) is 10.6. The summed E-state index contributed by atoms with van der Waals surface area (Å²) in [4.78, 5) is 51.5. The van der Waals surface area contributed by atoms with Crippen molar-refractivity contribution >= 4 is 29.3 Å². The zero-order valence-corrected chi connectivity index (χ0v) is 18.5. The summed E-state index contributed by atoms with van der Waals surface area (Å²) in [5.74, 6) is -1.81. The number of imide groups is 1. The summed E-state index contributed by atoms with van der Waals surface area (Å²) >= 11 is 0. The Morgan fingerprint density at radius 3 is 2.28 bits per heavy atom. The number of fused-ring (bicyclic) bond motifs is 1. The van der Waals surface area contributed by atoms with E-state index in [2.05, 4.69) is 5.32 Å². The molecule has 4 amide bonds. The molecule has 0 aromatic heterocycles. The molecule has 1 aromatic carbocycles. The normalized spacial score (nSPS) is 20.8. The summed E-state index contributed by atoms with van der Waals surface area (Å²) in [6.07, 6.45) is 5.20. The minimum atomic E-state index is -0.919. The van der Waals surface area contributed by atoms with Crippen LogP contribution in [0.3, 0.4) is 0 Å². The number of likely N-dealkylation sites (tertiary alicyclic amines) is 1. The molecule has 3 unspecified atom stereocenters. The van der Waals surface area contributed by atoms with Crippen LogP contribution in [0.25, 0.3) is 0 Å². The van der Waals surface area contributed by atoms with Crippen molar-refractivity contribution in [3.05, 3.63) is 30.4 Å². The second-order valence-electron chi connectivity index (χ2n) is 8.46. The first-order chi connectivity index (χ1) is 15.2. The van der Waals surface area contributed by atoms with E-state index in [0.717, 1.165) is 4.90 Å². The molecule has 3 rings (SSSR count). The Hall–Kier alpha value is -3.36. The van der Waals surface area contributed by atoms with Gasteiger partial charge in [0.05, 0.1) is 18.9 Å². The summed E-state index contributed by atoms with van der Waals surface area (Å²) in [7, 11) is 1.45. The third-order valence-corrected chi connectivity index (χ3v) is 5.65. The lowest BCUT2D eigenvalue weighted by atomic mass is 9.85. The fourth-order valence-corrected chi connectivity index (χ4v) is 4.15. The highest BCUT2D eigenvalue weighted by molar-refractivity contribution is 6.10. The molecule has 1 aliphatic heterocycles. The number of ether oxygens (including phenoxy) is 2. The van der Waals surface area contributed by atoms with Crippen LogP contribution in [-0.2, 0) is 19.2 Å². The number of nitrogens with two attached hydrogens (primary N) is 1. The maximum atomic E-state index is 13.2. The first kappa shape index (κ1) is 23.3. The second kappa shape index (κ2) is 9.84. The van der Waals surface area contributed by atoms with E-state index in [9.17, 15) is 19.2 Å². The van der Waals surface area contributed by atoms with Crippen LogP contribution in [-0.4, -0.2) is 48.3 Å². The number of benzene rings is 1. The number of primary amides is 1. The molecule has 32 heavy (non-hydrogen) atoms. The second-order valence-corrected chi connectivity index (χ2v) is 8.46. The third-order valence-electron chi connectivity index (χ3n) is 5.65. The zero-order valence-electron chi connectivity index (χ0n) is 18.5. The minimum Gasteiger partial charge on any atom is -0.493 e. The van der Waals surface area contributed by atoms with E-state index in [1.54, 1.807) is 12.1 Å². The molecule has 172 valence electrons. The average Bonchev–Trinajstić information content (AvgIpc) is 3.01. The van der Waals surface area contributed by atoms with Crippen LogP contribution in [0.5, 0.6) is 11.5 Å². The van der Waals surface area contributed by atoms with Gasteiger partial charge < -0.3 is 20.5 Å². The molecular formula is C23H29N3O6. The molecule has 1 saturated heterocycles. The van der Waals surface area contributed by atoms with Crippen LogP contribution >= 0.6 is 0 Å². The lowest BCUT2D eigenvalue weighted by molar-refractivity contribution is -0.147. The van der Waals surface area contributed by atoms with Crippen molar-refractivity contribution in [3.8, 4) is 11.5 Å². The Bertz CT molecular complexity index is 916. The molecule has 1 aromatic rings. The Morgan fingerprint density at radius 2 is 1.75 bits per heavy atom. The summed E-state index contributed by atoms with van der Waals surface area (Å²) in [6, 6.07) is 3.77. The number of rotatable bonds is 9. The van der Waals surface area contributed by atoms with Gasteiger partial charge in [-0.2, -0.15) is 0 Å². The van der Waals surface area contributed by atoms with Crippen molar-refractivity contribution < 1.29 is 28.7 Å². The molecule has 0 saturated carbocycles. The van der Waals surface area contributed by atoms with Crippen LogP contribution in [0.2, 0.25) is 0 Å². The number of amides is 4. The van der Waals surface area contributed by atoms with Gasteiger partial charge in [-0.3, -0.25) is 24.1 Å². The molecule has 9 nitrogen and oxygen atoms in total. The van der Waals surface area contributed by atoms with Crippen molar-refractivity contribution in [2.75, 3.05) is 19.0 Å². The third kappa shape index (κ3) is 4.92. The van der Waals surface area contributed by atoms with Crippen molar-refractivity contribution in [2.24, 2.45) is 23.5 Å². The van der Waals surface area contributed by atoms with Gasteiger partial charge in [0, 0.05) is 11.8 Å². The van der Waals surface area contributed by atoms with Crippen molar-refractivity contribution in [1.29, 1.82) is 0 Å². The number of allylic oxidation sites excluding steroid dienone is 2. The van der Waals surface area contributed by atoms with Crippen LogP contribution in [0.1, 0.15) is 33.1 Å². The number of hydrogen-bond acceptors (Lipinski definition) is 6. The van der Waals surface area contributed by atoms with Crippen molar-refractivity contribution in [2.45, 2.75) is 39.2 Å². The molecule has 2 aliphatic rings. The molecule has 0 radical (unpaired) electrons. The lowest BCUT2D eigenvalue weighted by Crippen LogP contribution is -2.48. The van der Waals surface area contributed by atoms with Crippen LogP contribution in [0.4, 0.5) is 5.69 Å². The molecule has 1 fully saturated rings. The molecule has 0 spiro atoms. The number of anilines is 1. The van der Waals surface area contributed by atoms with Gasteiger partial charge in [0.25, 0.3) is 5.91 Å². The van der Waals surface area contributed by atoms with E-state index in [4.69, 9.17) is 15.2 Å². The Balaban J connectivity index is 1.83. The average molecular weight is 444 g/mol. The van der Waals surface area contributed by atoms with E-state index < -0.39 is 29.7 Å². The van der Waals surface area contributed by atoms with E-state index >= 15 is 0 Å². The monoisotopic (exact) mass is 443 g/mol. The Labute approximate surface area is 186 Å². The number of nitrogens with one attached hydrogen (secondary N) is 1. The van der Waals surface area contributed by atoms with E-state index in [0.29, 0.717) is 30.7 Å². The predicted molar refractivity (Wildman–Crippen MR) is 117 cm³/mol. The first-order valence-corrected chi connectivity index (χ1v) is 10.6. The highest BCUT2D eigenvalue weighted by Crippen LogP contribution is 2.37. The van der Waals surface area contributed by atoms with Gasteiger partial charge >= 0.3 is 0 Å². The van der Waals surface area contributed by atoms with Gasteiger partial charge in [-0.05, 0) is 37.3 Å². The number of nitrogens with zero attached hydrogens (tertiary/aromatic N) is 1. The topological polar surface area (TPSA) is 128 Å². The Morgan fingerprint density at radius 1 is 1.12 bits per heavy atom. The quantitative estimate of drug-likeness (QED) is 0.443. The summed E-state index contributed by atoms with van der Waals surface area (Å²) in [5.41, 5.74) is 5.51. The molecule has 3 N–H and O–H groups in total. The largest absolute Gasteiger partial charge is 0.493 e. The zero-order chi connectivity index (χ0) is 23.4. The lowest BCUT2D eigenvalue weighted by Gasteiger charge is -2.27. The number of carbonyl (C=O) groups is 4. The summed E-state index contributed by atoms with van der Waals surface area (Å²) in [6.45, 7) is 3.52. The van der Waals surface area contributed by atoms with Crippen LogP contribution in [0.15, 0.2) is 30.4 Å². The predicted octanol–water partition coefficient (Wildman–Crippen LogP) is 1.86.